The molecular formula is C20H27F3N6O4. The first-order valence-corrected chi connectivity index (χ1v) is 10.3. The molecule has 1 aliphatic rings. The van der Waals surface area contributed by atoms with Crippen molar-refractivity contribution in [1.82, 2.24) is 24.4 Å². The van der Waals surface area contributed by atoms with Crippen molar-refractivity contribution >= 4 is 23.0 Å². The fraction of sp³-hybridized carbons (Fsp3) is 0.600. The maximum atomic E-state index is 12.7. The van der Waals surface area contributed by atoms with Crippen LogP contribution in [-0.2, 0) is 18.4 Å². The predicted octanol–water partition coefficient (Wildman–Crippen LogP) is 1.37. The third-order valence-electron chi connectivity index (χ3n) is 4.89. The first-order chi connectivity index (χ1) is 15.5. The van der Waals surface area contributed by atoms with Crippen LogP contribution in [0.4, 0.5) is 19.0 Å². The minimum absolute atomic E-state index is 0.00777. The number of nitrogens with one attached hydrogen (secondary N) is 1. The molecule has 0 radical (unpaired) electrons. The summed E-state index contributed by atoms with van der Waals surface area (Å²) in [4.78, 5) is 33.0. The van der Waals surface area contributed by atoms with E-state index in [4.69, 9.17) is 14.6 Å². The molecule has 0 aromatic carbocycles. The molecule has 0 spiro atoms. The van der Waals surface area contributed by atoms with Crippen molar-refractivity contribution in [3.63, 3.8) is 0 Å². The molecule has 2 N–H and O–H groups in total. The van der Waals surface area contributed by atoms with Crippen LogP contribution in [0.25, 0.3) is 11.2 Å². The first-order valence-electron chi connectivity index (χ1n) is 10.3. The van der Waals surface area contributed by atoms with Crippen molar-refractivity contribution in [3.05, 3.63) is 10.5 Å². The molecule has 2 aromatic heterocycles. The summed E-state index contributed by atoms with van der Waals surface area (Å²) in [6, 6.07) is 0.315. The minimum atomic E-state index is -5.08. The van der Waals surface area contributed by atoms with Gasteiger partial charge in [-0.15, -0.1) is 5.92 Å². The van der Waals surface area contributed by atoms with E-state index in [9.17, 15) is 18.0 Å². The van der Waals surface area contributed by atoms with Gasteiger partial charge in [-0.25, -0.2) is 9.59 Å². The number of carboxylic acid groups (broad SMARTS) is 1. The summed E-state index contributed by atoms with van der Waals surface area (Å²) in [5.41, 5.74) is 1.16. The number of piperazine rings is 1. The number of anilines is 1. The van der Waals surface area contributed by atoms with Crippen LogP contribution in [0.15, 0.2) is 4.79 Å². The molecule has 1 saturated heterocycles. The van der Waals surface area contributed by atoms with Crippen LogP contribution in [0.2, 0.25) is 0 Å². The summed E-state index contributed by atoms with van der Waals surface area (Å²) >= 11 is 0. The number of ether oxygens (including phenoxy) is 1. The zero-order valence-corrected chi connectivity index (χ0v) is 18.9. The lowest BCUT2D eigenvalue weighted by molar-refractivity contribution is -0.192. The Hall–Kier alpha value is -3.27. The van der Waals surface area contributed by atoms with Crippen molar-refractivity contribution in [1.29, 1.82) is 0 Å². The number of rotatable bonds is 5. The molecule has 33 heavy (non-hydrogen) atoms. The lowest BCUT2D eigenvalue weighted by Gasteiger charge is -2.29. The van der Waals surface area contributed by atoms with Crippen molar-refractivity contribution < 1.29 is 27.8 Å². The van der Waals surface area contributed by atoms with Gasteiger partial charge in [0.15, 0.2) is 11.5 Å². The quantitative estimate of drug-likeness (QED) is 0.628. The zero-order valence-electron chi connectivity index (χ0n) is 18.9. The second kappa shape index (κ2) is 11.0. The Morgan fingerprint density at radius 3 is 2.42 bits per heavy atom. The second-order valence-electron chi connectivity index (χ2n) is 7.23. The van der Waals surface area contributed by atoms with E-state index >= 15 is 0 Å². The van der Waals surface area contributed by atoms with Gasteiger partial charge < -0.3 is 20.1 Å². The van der Waals surface area contributed by atoms with Crippen LogP contribution in [0.3, 0.4) is 0 Å². The number of nitrogens with zero attached hydrogens (tertiary/aromatic N) is 5. The van der Waals surface area contributed by atoms with E-state index in [1.54, 1.807) is 23.1 Å². The number of carboxylic acids is 1. The molecule has 3 heterocycles. The maximum absolute atomic E-state index is 12.7. The van der Waals surface area contributed by atoms with E-state index in [-0.39, 0.29) is 11.8 Å². The summed E-state index contributed by atoms with van der Waals surface area (Å²) in [6.45, 7) is 9.50. The molecule has 10 nitrogen and oxygen atoms in total. The van der Waals surface area contributed by atoms with Gasteiger partial charge in [-0.3, -0.25) is 9.13 Å². The summed E-state index contributed by atoms with van der Waals surface area (Å²) in [6.07, 6.45) is -4.22. The Labute approximate surface area is 188 Å². The Morgan fingerprint density at radius 2 is 1.91 bits per heavy atom. The zero-order chi connectivity index (χ0) is 24.8. The number of aliphatic carboxylic acids is 1. The first kappa shape index (κ1) is 26.0. The smallest absolute Gasteiger partial charge is 0.475 e. The van der Waals surface area contributed by atoms with Gasteiger partial charge in [0.2, 0.25) is 0 Å². The van der Waals surface area contributed by atoms with E-state index in [0.29, 0.717) is 18.2 Å². The maximum Gasteiger partial charge on any atom is 0.490 e. The third-order valence-corrected chi connectivity index (χ3v) is 4.89. The van der Waals surface area contributed by atoms with Crippen LogP contribution in [0.1, 0.15) is 27.2 Å². The average molecular weight is 472 g/mol. The van der Waals surface area contributed by atoms with E-state index in [0.717, 1.165) is 43.9 Å². The van der Waals surface area contributed by atoms with Gasteiger partial charge in [-0.05, 0) is 20.3 Å². The Bertz CT molecular complexity index is 1090. The SMILES string of the molecule is CC#CCn1c(=O)n(C)c2nc(OC(C)CC)nc(N3CCNCC3)c21.O=C(O)C(F)(F)F. The molecule has 0 saturated carbocycles. The number of aryl methyl sites for hydroxylation is 1. The number of hydrogen-bond donors (Lipinski definition) is 2. The molecule has 1 atom stereocenters. The van der Waals surface area contributed by atoms with Gasteiger partial charge in [-0.1, -0.05) is 12.8 Å². The molecule has 2 aromatic rings. The Morgan fingerprint density at radius 1 is 1.30 bits per heavy atom. The van der Waals surface area contributed by atoms with Crippen molar-refractivity contribution in [2.75, 3.05) is 31.1 Å². The largest absolute Gasteiger partial charge is 0.490 e. The summed E-state index contributed by atoms with van der Waals surface area (Å²) in [5, 5.41) is 10.5. The summed E-state index contributed by atoms with van der Waals surface area (Å²) in [5.74, 6) is 3.82. The van der Waals surface area contributed by atoms with Crippen molar-refractivity contribution in [3.8, 4) is 17.9 Å². The van der Waals surface area contributed by atoms with Crippen molar-refractivity contribution in [2.24, 2.45) is 7.05 Å². The minimum Gasteiger partial charge on any atom is -0.475 e. The van der Waals surface area contributed by atoms with Crippen LogP contribution in [-0.4, -0.2) is 68.6 Å². The number of aromatic nitrogens is 4. The molecule has 1 unspecified atom stereocenters. The standard InChI is InChI=1S/C18H26N6O2.C2HF3O2/c1-5-7-10-24-14-15(22(4)18(24)25)20-17(26-13(3)6-2)21-16(14)23-11-8-19-9-12-23;3-2(4,5)1(6)7/h13,19H,6,8-12H2,1-4H3;(H,6,7). The molecular weight excluding hydrogens is 445 g/mol. The highest BCUT2D eigenvalue weighted by molar-refractivity contribution is 5.85. The number of fused-ring (bicyclic) bond motifs is 1. The van der Waals surface area contributed by atoms with Gasteiger partial charge in [0.1, 0.15) is 5.52 Å². The fourth-order valence-electron chi connectivity index (χ4n) is 2.97. The van der Waals surface area contributed by atoms with E-state index in [1.807, 2.05) is 6.92 Å². The topological polar surface area (TPSA) is 115 Å². The molecule has 0 aliphatic carbocycles. The van der Waals surface area contributed by atoms with Crippen molar-refractivity contribution in [2.45, 2.75) is 46.0 Å². The molecule has 3 rings (SSSR count). The number of hydrogen-bond acceptors (Lipinski definition) is 7. The van der Waals surface area contributed by atoms with Crippen LogP contribution < -0.4 is 20.6 Å². The lowest BCUT2D eigenvalue weighted by Crippen LogP contribution is -2.44. The summed E-state index contributed by atoms with van der Waals surface area (Å²) in [7, 11) is 1.72. The second-order valence-corrected chi connectivity index (χ2v) is 7.23. The van der Waals surface area contributed by atoms with E-state index < -0.39 is 12.1 Å². The Balaban J connectivity index is 0.000000479. The molecule has 182 valence electrons. The van der Waals surface area contributed by atoms with Crippen LogP contribution >= 0.6 is 0 Å². The van der Waals surface area contributed by atoms with Gasteiger partial charge in [0.05, 0.1) is 12.6 Å². The number of halogens is 3. The van der Waals surface area contributed by atoms with E-state index in [2.05, 4.69) is 38.9 Å². The van der Waals surface area contributed by atoms with Crippen LogP contribution in [0.5, 0.6) is 6.01 Å². The molecule has 13 heteroatoms. The van der Waals surface area contributed by atoms with E-state index in [1.165, 1.54) is 0 Å². The Kier molecular flexibility index (Phi) is 8.69. The molecule has 0 amide bonds. The molecule has 1 aliphatic heterocycles. The molecule has 0 bridgehead atoms. The highest BCUT2D eigenvalue weighted by Gasteiger charge is 2.38. The van der Waals surface area contributed by atoms with Gasteiger partial charge in [0.25, 0.3) is 0 Å². The number of imidazole rings is 1. The van der Waals surface area contributed by atoms with Crippen LogP contribution in [0, 0.1) is 11.8 Å². The lowest BCUT2D eigenvalue weighted by atomic mass is 10.3. The van der Waals surface area contributed by atoms with Gasteiger partial charge in [-0.2, -0.15) is 23.1 Å². The monoisotopic (exact) mass is 472 g/mol. The highest BCUT2D eigenvalue weighted by Crippen LogP contribution is 2.26. The third kappa shape index (κ3) is 6.38. The predicted molar refractivity (Wildman–Crippen MR) is 115 cm³/mol. The van der Waals surface area contributed by atoms with Gasteiger partial charge >= 0.3 is 23.8 Å². The molecule has 1 fully saturated rings. The summed E-state index contributed by atoms with van der Waals surface area (Å²) < 4.78 is 40.8. The fourth-order valence-corrected chi connectivity index (χ4v) is 2.97. The average Bonchev–Trinajstić information content (AvgIpc) is 3.02. The number of carbonyl (C=O) groups is 1. The highest BCUT2D eigenvalue weighted by atomic mass is 19.4. The van der Waals surface area contributed by atoms with Gasteiger partial charge in [0, 0.05) is 33.2 Å². The number of alkyl halides is 3. The normalized spacial score (nSPS) is 14.7.